The number of hydrogen-bond donors (Lipinski definition) is 0. The lowest BCUT2D eigenvalue weighted by Crippen LogP contribution is -2.36. The van der Waals surface area contributed by atoms with Crippen molar-refractivity contribution in [2.45, 2.75) is 20.8 Å². The summed E-state index contributed by atoms with van der Waals surface area (Å²) in [5.74, 6) is 2.60. The first-order valence-corrected chi connectivity index (χ1v) is 14.4. The average molecular weight is 523 g/mol. The Hall–Kier alpha value is -1.59. The first-order chi connectivity index (χ1) is 15.8. The van der Waals surface area contributed by atoms with Gasteiger partial charge < -0.3 is 9.47 Å². The van der Waals surface area contributed by atoms with Crippen LogP contribution in [0.3, 0.4) is 0 Å². The van der Waals surface area contributed by atoms with Crippen LogP contribution in [0.1, 0.15) is 20.8 Å². The number of nitrogens with zero attached hydrogens (tertiary/aromatic N) is 2. The highest BCUT2D eigenvalue weighted by atomic mass is 35.5. The zero-order valence-corrected chi connectivity index (χ0v) is 22.5. The molecule has 1 unspecified atom stereocenters. The largest absolute Gasteiger partial charge is 0.456 e. The Labute approximate surface area is 212 Å². The normalized spacial score (nSPS) is 13.2. The van der Waals surface area contributed by atoms with Gasteiger partial charge in [0.1, 0.15) is 29.3 Å². The van der Waals surface area contributed by atoms with E-state index in [2.05, 4.69) is 37.2 Å². The Morgan fingerprint density at radius 1 is 0.758 bits per heavy atom. The summed E-state index contributed by atoms with van der Waals surface area (Å²) in [6.45, 7) is 8.77. The molecule has 0 aromatic heterocycles. The third-order valence-electron chi connectivity index (χ3n) is 5.33. The van der Waals surface area contributed by atoms with Crippen molar-refractivity contribution in [3.63, 3.8) is 0 Å². The Morgan fingerprint density at radius 3 is 1.61 bits per heavy atom. The molecule has 0 aliphatic carbocycles. The summed E-state index contributed by atoms with van der Waals surface area (Å²) >= 11 is 19.0. The van der Waals surface area contributed by atoms with Gasteiger partial charge in [0.05, 0.1) is 5.30 Å². The summed E-state index contributed by atoms with van der Waals surface area (Å²) in [7, 11) is 2.07. The minimum absolute atomic E-state index is 0.606. The monoisotopic (exact) mass is 522 g/mol. The molecular weight excluding hydrogens is 494 g/mol. The molecule has 0 bridgehead atoms. The van der Waals surface area contributed by atoms with Crippen LogP contribution in [0.2, 0.25) is 10.0 Å². The van der Waals surface area contributed by atoms with E-state index in [1.807, 2.05) is 54.6 Å². The van der Waals surface area contributed by atoms with Gasteiger partial charge in [-0.3, -0.25) is 9.34 Å². The maximum atomic E-state index is 6.52. The van der Waals surface area contributed by atoms with E-state index in [-0.39, 0.29) is 0 Å². The summed E-state index contributed by atoms with van der Waals surface area (Å²) in [5, 5.41) is 2.08. The Morgan fingerprint density at radius 2 is 1.21 bits per heavy atom. The fourth-order valence-electron chi connectivity index (χ4n) is 3.60. The molecule has 33 heavy (non-hydrogen) atoms. The Bertz CT molecular complexity index is 1080. The quantitative estimate of drug-likeness (QED) is 0.253. The van der Waals surface area contributed by atoms with E-state index in [4.69, 9.17) is 44.5 Å². The molecule has 0 heterocycles. The molecule has 0 fully saturated rings. The van der Waals surface area contributed by atoms with Gasteiger partial charge in [-0.1, -0.05) is 74.0 Å². The van der Waals surface area contributed by atoms with Gasteiger partial charge in [0, 0.05) is 29.7 Å². The van der Waals surface area contributed by atoms with E-state index in [1.165, 1.54) is 0 Å². The van der Waals surface area contributed by atoms with Gasteiger partial charge >= 0.3 is 0 Å². The van der Waals surface area contributed by atoms with Gasteiger partial charge in [-0.05, 0) is 55.6 Å². The van der Waals surface area contributed by atoms with Crippen LogP contribution < -0.4 is 14.8 Å². The van der Waals surface area contributed by atoms with Crippen LogP contribution in [0, 0.1) is 0 Å². The molecule has 0 amide bonds. The van der Waals surface area contributed by atoms with Crippen LogP contribution in [0.4, 0.5) is 0 Å². The second-order valence-corrected chi connectivity index (χ2v) is 12.6. The maximum absolute atomic E-state index is 6.52. The van der Waals surface area contributed by atoms with Gasteiger partial charge in [-0.15, -0.1) is 0 Å². The lowest BCUT2D eigenvalue weighted by molar-refractivity contribution is 0.443. The van der Waals surface area contributed by atoms with Crippen LogP contribution in [-0.2, 0) is 11.8 Å². The summed E-state index contributed by atoms with van der Waals surface area (Å²) in [5.41, 5.74) is 0. The Balaban J connectivity index is 2.24. The minimum Gasteiger partial charge on any atom is -0.456 e. The molecule has 0 saturated carbocycles. The van der Waals surface area contributed by atoms with Crippen molar-refractivity contribution in [3.05, 3.63) is 76.8 Å². The average Bonchev–Trinajstić information content (AvgIpc) is 2.79. The molecule has 176 valence electrons. The predicted octanol–water partition coefficient (Wildman–Crippen LogP) is 7.81. The molecule has 0 N–H and O–H groups in total. The summed E-state index contributed by atoms with van der Waals surface area (Å²) in [6.07, 6.45) is -2.46. The zero-order valence-electron chi connectivity index (χ0n) is 19.3. The van der Waals surface area contributed by atoms with Gasteiger partial charge in [0.15, 0.2) is 0 Å². The molecule has 3 aromatic carbocycles. The van der Waals surface area contributed by atoms with Gasteiger partial charge in [0.25, 0.3) is 0 Å². The molecule has 4 nitrogen and oxygen atoms in total. The van der Waals surface area contributed by atoms with Crippen LogP contribution >= 0.6 is 29.5 Å². The number of ether oxygens (including phenoxy) is 2. The molecular formula is C25H29Cl2N2O2PS. The third kappa shape index (κ3) is 5.92. The van der Waals surface area contributed by atoms with Crippen molar-refractivity contribution >= 4 is 46.7 Å². The highest BCUT2D eigenvalue weighted by molar-refractivity contribution is 8.16. The SMILES string of the molecule is CCN(C)P(=S)(c1c(Oc2cccc(Cl)c2)cccc1Oc1cccc(Cl)c1)N(CC)CC. The minimum atomic E-state index is -2.46. The molecule has 8 heteroatoms. The van der Waals surface area contributed by atoms with Crippen LogP contribution in [-0.4, -0.2) is 36.0 Å². The maximum Gasteiger partial charge on any atom is 0.142 e. The van der Waals surface area contributed by atoms with Gasteiger partial charge in [0.2, 0.25) is 0 Å². The summed E-state index contributed by atoms with van der Waals surface area (Å²) in [4.78, 5) is 0. The van der Waals surface area contributed by atoms with E-state index in [0.717, 1.165) is 24.9 Å². The van der Waals surface area contributed by atoms with E-state index >= 15 is 0 Å². The highest BCUT2D eigenvalue weighted by Crippen LogP contribution is 2.56. The smallest absolute Gasteiger partial charge is 0.142 e. The number of hydrogen-bond acceptors (Lipinski definition) is 3. The zero-order chi connectivity index (χ0) is 24.0. The first-order valence-electron chi connectivity index (χ1n) is 10.9. The molecule has 0 saturated heterocycles. The topological polar surface area (TPSA) is 24.9 Å². The fraction of sp³-hybridized carbons (Fsp3) is 0.280. The van der Waals surface area contributed by atoms with Crippen molar-refractivity contribution in [2.24, 2.45) is 0 Å². The number of halogens is 2. The number of benzene rings is 3. The highest BCUT2D eigenvalue weighted by Gasteiger charge is 2.36. The van der Waals surface area contributed by atoms with Crippen molar-refractivity contribution in [3.8, 4) is 23.0 Å². The second kappa shape index (κ2) is 11.7. The standard InChI is InChI=1S/C25H29Cl2N2O2PS/c1-5-28(4)32(33,29(6-2)7-3)25-23(30-21-13-8-11-19(26)17-21)15-10-16-24(25)31-22-14-9-12-20(27)18-22/h8-18H,5-7H2,1-4H3. The van der Waals surface area contributed by atoms with E-state index in [9.17, 15) is 0 Å². The number of rotatable bonds is 10. The molecule has 0 aliphatic rings. The third-order valence-corrected chi connectivity index (χ3v) is 11.4. The van der Waals surface area contributed by atoms with Crippen LogP contribution in [0.15, 0.2) is 66.7 Å². The van der Waals surface area contributed by atoms with Gasteiger partial charge in [-0.25, -0.2) is 0 Å². The molecule has 0 spiro atoms. The van der Waals surface area contributed by atoms with Crippen LogP contribution in [0.25, 0.3) is 0 Å². The van der Waals surface area contributed by atoms with Crippen molar-refractivity contribution in [1.82, 2.24) is 9.34 Å². The summed E-state index contributed by atoms with van der Waals surface area (Å²) in [6, 6.07) is 20.5. The molecule has 1 atom stereocenters. The molecule has 0 radical (unpaired) electrons. The Kier molecular flexibility index (Phi) is 9.23. The van der Waals surface area contributed by atoms with E-state index in [0.29, 0.717) is 33.0 Å². The van der Waals surface area contributed by atoms with Gasteiger partial charge in [-0.2, -0.15) is 0 Å². The lowest BCUT2D eigenvalue weighted by atomic mass is 10.3. The van der Waals surface area contributed by atoms with Crippen molar-refractivity contribution < 1.29 is 9.47 Å². The van der Waals surface area contributed by atoms with E-state index in [1.54, 1.807) is 12.1 Å². The summed E-state index contributed by atoms with van der Waals surface area (Å²) < 4.78 is 17.3. The van der Waals surface area contributed by atoms with Crippen LogP contribution in [0.5, 0.6) is 23.0 Å². The fourth-order valence-corrected chi connectivity index (χ4v) is 8.56. The molecule has 3 rings (SSSR count). The van der Waals surface area contributed by atoms with Crippen molar-refractivity contribution in [2.75, 3.05) is 26.7 Å². The van der Waals surface area contributed by atoms with E-state index < -0.39 is 6.34 Å². The lowest BCUT2D eigenvalue weighted by Gasteiger charge is -2.41. The molecule has 0 aliphatic heterocycles. The second-order valence-electron chi connectivity index (χ2n) is 7.38. The molecule has 3 aromatic rings. The van der Waals surface area contributed by atoms with Crippen molar-refractivity contribution in [1.29, 1.82) is 0 Å². The first kappa shape index (κ1) is 26.0. The predicted molar refractivity (Wildman–Crippen MR) is 145 cm³/mol.